The number of benzene rings is 1. The first-order chi connectivity index (χ1) is 10.5. The molecule has 9 heteroatoms. The molecular weight excluding hydrogens is 383 g/mol. The highest BCUT2D eigenvalue weighted by Crippen LogP contribution is 2.38. The number of rotatable bonds is 2. The van der Waals surface area contributed by atoms with Gasteiger partial charge in [-0.15, -0.1) is 0 Å². The monoisotopic (exact) mass is 393 g/mol. The third-order valence-electron chi connectivity index (χ3n) is 2.79. The summed E-state index contributed by atoms with van der Waals surface area (Å²) in [7, 11) is 0. The zero-order valence-electron chi connectivity index (χ0n) is 12.0. The van der Waals surface area contributed by atoms with Crippen LogP contribution in [0.4, 0.5) is 18.9 Å². The number of anilines is 1. The smallest absolute Gasteiger partial charge is 0.417 e. The number of ether oxygens (including phenoxy) is 2. The van der Waals surface area contributed by atoms with Gasteiger partial charge in [-0.2, -0.15) is 13.2 Å². The molecule has 1 heterocycles. The van der Waals surface area contributed by atoms with Gasteiger partial charge in [-0.1, -0.05) is 6.07 Å². The molecule has 0 unspecified atom stereocenters. The summed E-state index contributed by atoms with van der Waals surface area (Å²) in [4.78, 5) is 23.5. The summed E-state index contributed by atoms with van der Waals surface area (Å²) in [6.45, 7) is 2.77. The Morgan fingerprint density at radius 3 is 2.26 bits per heavy atom. The van der Waals surface area contributed by atoms with Crippen LogP contribution in [0.5, 0.6) is 0 Å². The summed E-state index contributed by atoms with van der Waals surface area (Å²) in [5, 5.41) is 2.47. The molecule has 1 aromatic carbocycles. The molecule has 0 saturated carbocycles. The van der Waals surface area contributed by atoms with E-state index in [0.717, 1.165) is 12.3 Å². The Kier molecular flexibility index (Phi) is 4.43. The fourth-order valence-electron chi connectivity index (χ4n) is 1.79. The lowest BCUT2D eigenvalue weighted by atomic mass is 10.2. The molecule has 1 aliphatic heterocycles. The minimum Gasteiger partial charge on any atom is -0.419 e. The van der Waals surface area contributed by atoms with E-state index in [0.29, 0.717) is 0 Å². The number of alkyl halides is 3. The molecule has 0 aromatic heterocycles. The molecular formula is C14H11BrF3NO4. The highest BCUT2D eigenvalue weighted by atomic mass is 79.9. The summed E-state index contributed by atoms with van der Waals surface area (Å²) in [6.07, 6.45) is -3.60. The molecule has 1 aromatic rings. The standard InChI is InChI=1S/C14H11BrF3NO4/c1-13(2)22-11(20)7(12(21)23-13)6-19-9-5-3-4-8(10(9)15)14(16,17)18/h3-6,19H,1-2H3. The van der Waals surface area contributed by atoms with Crippen molar-refractivity contribution in [1.82, 2.24) is 0 Å². The third kappa shape index (κ3) is 3.84. The Morgan fingerprint density at radius 2 is 1.74 bits per heavy atom. The van der Waals surface area contributed by atoms with Gasteiger partial charge in [0.25, 0.3) is 5.79 Å². The fourth-order valence-corrected chi connectivity index (χ4v) is 2.39. The first-order valence-electron chi connectivity index (χ1n) is 6.30. The van der Waals surface area contributed by atoms with Crippen molar-refractivity contribution in [3.8, 4) is 0 Å². The lowest BCUT2D eigenvalue weighted by molar-refractivity contribution is -0.222. The highest BCUT2D eigenvalue weighted by molar-refractivity contribution is 9.10. The van der Waals surface area contributed by atoms with Gasteiger partial charge >= 0.3 is 18.1 Å². The van der Waals surface area contributed by atoms with E-state index in [9.17, 15) is 22.8 Å². The van der Waals surface area contributed by atoms with Crippen molar-refractivity contribution in [1.29, 1.82) is 0 Å². The van der Waals surface area contributed by atoms with Crippen LogP contribution in [0.1, 0.15) is 19.4 Å². The van der Waals surface area contributed by atoms with Crippen LogP contribution in [-0.2, 0) is 25.2 Å². The first-order valence-corrected chi connectivity index (χ1v) is 7.10. The normalized spacial score (nSPS) is 17.4. The van der Waals surface area contributed by atoms with Gasteiger partial charge in [0, 0.05) is 20.0 Å². The van der Waals surface area contributed by atoms with Crippen molar-refractivity contribution < 1.29 is 32.2 Å². The molecule has 124 valence electrons. The lowest BCUT2D eigenvalue weighted by Gasteiger charge is -2.29. The number of hydrogen-bond acceptors (Lipinski definition) is 5. The third-order valence-corrected chi connectivity index (χ3v) is 3.65. The zero-order valence-corrected chi connectivity index (χ0v) is 13.5. The van der Waals surface area contributed by atoms with Crippen LogP contribution in [-0.4, -0.2) is 17.7 Å². The summed E-state index contributed by atoms with van der Waals surface area (Å²) in [5.41, 5.74) is -1.32. The second kappa shape index (κ2) is 5.88. The Bertz CT molecular complexity index is 676. The summed E-state index contributed by atoms with van der Waals surface area (Å²) >= 11 is 2.85. The average Bonchev–Trinajstić information content (AvgIpc) is 2.36. The minimum absolute atomic E-state index is 0.0257. The average molecular weight is 394 g/mol. The summed E-state index contributed by atoms with van der Waals surface area (Å²) in [5.74, 6) is -3.24. The van der Waals surface area contributed by atoms with Crippen LogP contribution in [0.2, 0.25) is 0 Å². The van der Waals surface area contributed by atoms with Gasteiger partial charge in [0.05, 0.1) is 15.7 Å². The number of nitrogens with one attached hydrogen (secondary N) is 1. The van der Waals surface area contributed by atoms with E-state index in [1.807, 2.05) is 0 Å². The van der Waals surface area contributed by atoms with Crippen molar-refractivity contribution in [2.75, 3.05) is 5.32 Å². The predicted molar refractivity (Wildman–Crippen MR) is 77.1 cm³/mol. The predicted octanol–water partition coefficient (Wildman–Crippen LogP) is 3.60. The van der Waals surface area contributed by atoms with E-state index in [4.69, 9.17) is 9.47 Å². The Hall–Kier alpha value is -2.03. The highest BCUT2D eigenvalue weighted by Gasteiger charge is 2.39. The molecule has 0 radical (unpaired) electrons. The van der Waals surface area contributed by atoms with Crippen molar-refractivity contribution in [2.45, 2.75) is 25.8 Å². The maximum Gasteiger partial charge on any atom is 0.417 e. The van der Waals surface area contributed by atoms with E-state index >= 15 is 0 Å². The largest absolute Gasteiger partial charge is 0.419 e. The molecule has 2 rings (SSSR count). The lowest BCUT2D eigenvalue weighted by Crippen LogP contribution is -2.42. The Morgan fingerprint density at radius 1 is 1.17 bits per heavy atom. The van der Waals surface area contributed by atoms with Crippen LogP contribution in [0.25, 0.3) is 0 Å². The second-order valence-corrected chi connectivity index (χ2v) is 5.84. The van der Waals surface area contributed by atoms with E-state index in [-0.39, 0.29) is 10.2 Å². The molecule has 0 bridgehead atoms. The van der Waals surface area contributed by atoms with Gasteiger partial charge in [-0.3, -0.25) is 0 Å². The maximum absolute atomic E-state index is 12.8. The molecule has 0 spiro atoms. The molecule has 23 heavy (non-hydrogen) atoms. The van der Waals surface area contributed by atoms with E-state index in [1.165, 1.54) is 26.0 Å². The first kappa shape index (κ1) is 17.3. The summed E-state index contributed by atoms with van der Waals surface area (Å²) in [6, 6.07) is 3.43. The van der Waals surface area contributed by atoms with Gasteiger partial charge in [0.2, 0.25) is 0 Å². The van der Waals surface area contributed by atoms with E-state index in [2.05, 4.69) is 21.2 Å². The number of carbonyl (C=O) groups is 2. The van der Waals surface area contributed by atoms with Gasteiger partial charge in [0.15, 0.2) is 5.57 Å². The van der Waals surface area contributed by atoms with Crippen molar-refractivity contribution in [3.05, 3.63) is 40.0 Å². The number of esters is 2. The molecule has 0 atom stereocenters. The molecule has 1 aliphatic rings. The van der Waals surface area contributed by atoms with Crippen LogP contribution in [0.3, 0.4) is 0 Å². The van der Waals surface area contributed by atoms with Crippen molar-refractivity contribution in [3.63, 3.8) is 0 Å². The van der Waals surface area contributed by atoms with Crippen molar-refractivity contribution >= 4 is 33.6 Å². The number of cyclic esters (lactones) is 2. The molecule has 1 saturated heterocycles. The number of carbonyl (C=O) groups excluding carboxylic acids is 2. The van der Waals surface area contributed by atoms with Crippen LogP contribution in [0, 0.1) is 0 Å². The zero-order chi connectivity index (χ0) is 17.4. The quantitative estimate of drug-likeness (QED) is 0.472. The van der Waals surface area contributed by atoms with Gasteiger partial charge < -0.3 is 14.8 Å². The maximum atomic E-state index is 12.8. The van der Waals surface area contributed by atoms with Gasteiger partial charge in [-0.05, 0) is 28.1 Å². The van der Waals surface area contributed by atoms with Gasteiger partial charge in [0.1, 0.15) is 0 Å². The SMILES string of the molecule is CC1(C)OC(=O)C(=CNc2cccc(C(F)(F)F)c2Br)C(=O)O1. The minimum atomic E-state index is -4.55. The second-order valence-electron chi connectivity index (χ2n) is 5.05. The van der Waals surface area contributed by atoms with Crippen molar-refractivity contribution in [2.24, 2.45) is 0 Å². The van der Waals surface area contributed by atoms with E-state index in [1.54, 1.807) is 0 Å². The molecule has 0 aliphatic carbocycles. The molecule has 5 nitrogen and oxygen atoms in total. The fraction of sp³-hybridized carbons (Fsp3) is 0.286. The number of halogens is 4. The summed E-state index contributed by atoms with van der Waals surface area (Å²) < 4.78 is 47.9. The number of hydrogen-bond donors (Lipinski definition) is 1. The van der Waals surface area contributed by atoms with E-state index < -0.39 is 35.0 Å². The van der Waals surface area contributed by atoms with Crippen LogP contribution in [0.15, 0.2) is 34.4 Å². The van der Waals surface area contributed by atoms with Crippen LogP contribution >= 0.6 is 15.9 Å². The van der Waals surface area contributed by atoms with Crippen LogP contribution < -0.4 is 5.32 Å². The molecule has 1 N–H and O–H groups in total. The Balaban J connectivity index is 2.27. The topological polar surface area (TPSA) is 64.6 Å². The molecule has 1 fully saturated rings. The Labute approximate surface area is 137 Å². The van der Waals surface area contributed by atoms with Gasteiger partial charge in [-0.25, -0.2) is 9.59 Å². The molecule has 0 amide bonds.